The van der Waals surface area contributed by atoms with E-state index in [2.05, 4.69) is 5.32 Å². The third-order valence-corrected chi connectivity index (χ3v) is 4.58. The van der Waals surface area contributed by atoms with Gasteiger partial charge in [-0.05, 0) is 42.5 Å². The summed E-state index contributed by atoms with van der Waals surface area (Å²) in [4.78, 5) is 12.0. The number of aryl methyl sites for hydroxylation is 1. The predicted molar refractivity (Wildman–Crippen MR) is 102 cm³/mol. The molecule has 0 bridgehead atoms. The Hall–Kier alpha value is -1.59. The standard InChI is InChI=1S/C19H22Cl2N2O2/c20-15-8-7-14(16(21)12-15)10-11-23-19(25)18(24)17(22)9-6-13-4-2-1-3-5-13/h1-5,7-8,12,17-18,24H,6,9-11,22H2,(H,23,25)/t17-,18+/m1/s1. The summed E-state index contributed by atoms with van der Waals surface area (Å²) in [5.74, 6) is -0.467. The fourth-order valence-electron chi connectivity index (χ4n) is 2.48. The molecule has 2 aromatic carbocycles. The minimum Gasteiger partial charge on any atom is -0.382 e. The number of halogens is 2. The van der Waals surface area contributed by atoms with Crippen LogP contribution in [0.5, 0.6) is 0 Å². The highest BCUT2D eigenvalue weighted by Gasteiger charge is 2.22. The molecule has 0 spiro atoms. The van der Waals surface area contributed by atoms with Crippen molar-refractivity contribution in [2.75, 3.05) is 6.54 Å². The number of hydrogen-bond acceptors (Lipinski definition) is 3. The summed E-state index contributed by atoms with van der Waals surface area (Å²) >= 11 is 11.9. The van der Waals surface area contributed by atoms with E-state index >= 15 is 0 Å². The van der Waals surface area contributed by atoms with Crippen LogP contribution in [0.1, 0.15) is 17.5 Å². The number of amides is 1. The third-order valence-electron chi connectivity index (χ3n) is 3.99. The normalized spacial score (nSPS) is 13.3. The molecule has 2 aromatic rings. The molecule has 1 amide bonds. The number of benzene rings is 2. The number of aliphatic hydroxyl groups excluding tert-OH is 1. The maximum atomic E-state index is 12.0. The monoisotopic (exact) mass is 380 g/mol. The lowest BCUT2D eigenvalue weighted by molar-refractivity contribution is -0.130. The fraction of sp³-hybridized carbons (Fsp3) is 0.316. The summed E-state index contributed by atoms with van der Waals surface area (Å²) in [6.45, 7) is 0.364. The molecule has 0 radical (unpaired) electrons. The summed E-state index contributed by atoms with van der Waals surface area (Å²) in [7, 11) is 0. The van der Waals surface area contributed by atoms with Crippen molar-refractivity contribution < 1.29 is 9.90 Å². The first kappa shape index (κ1) is 19.7. The van der Waals surface area contributed by atoms with Crippen molar-refractivity contribution >= 4 is 29.1 Å². The van der Waals surface area contributed by atoms with Gasteiger partial charge in [-0.1, -0.05) is 59.6 Å². The van der Waals surface area contributed by atoms with Crippen molar-refractivity contribution in [2.24, 2.45) is 5.73 Å². The Bertz CT molecular complexity index is 695. The van der Waals surface area contributed by atoms with E-state index in [1.54, 1.807) is 12.1 Å². The molecule has 0 saturated carbocycles. The van der Waals surface area contributed by atoms with Gasteiger partial charge in [0, 0.05) is 22.6 Å². The molecule has 0 aliphatic carbocycles. The van der Waals surface area contributed by atoms with E-state index in [4.69, 9.17) is 28.9 Å². The predicted octanol–water partition coefficient (Wildman–Crippen LogP) is 2.97. The lowest BCUT2D eigenvalue weighted by Gasteiger charge is -2.18. The summed E-state index contributed by atoms with van der Waals surface area (Å²) in [6, 6.07) is 14.5. The Morgan fingerprint density at radius 3 is 2.52 bits per heavy atom. The topological polar surface area (TPSA) is 75.3 Å². The highest BCUT2D eigenvalue weighted by molar-refractivity contribution is 6.35. The SMILES string of the molecule is N[C@H](CCc1ccccc1)[C@H](O)C(=O)NCCc1ccc(Cl)cc1Cl. The zero-order valence-corrected chi connectivity index (χ0v) is 15.3. The van der Waals surface area contributed by atoms with Gasteiger partial charge in [-0.15, -0.1) is 0 Å². The van der Waals surface area contributed by atoms with Gasteiger partial charge in [0.05, 0.1) is 0 Å². The number of hydrogen-bond donors (Lipinski definition) is 3. The lowest BCUT2D eigenvalue weighted by atomic mass is 10.0. The zero-order chi connectivity index (χ0) is 18.2. The first-order valence-electron chi connectivity index (χ1n) is 8.16. The van der Waals surface area contributed by atoms with Crippen molar-refractivity contribution in [2.45, 2.75) is 31.4 Å². The number of carbonyl (C=O) groups is 1. The van der Waals surface area contributed by atoms with Crippen LogP contribution in [0.15, 0.2) is 48.5 Å². The van der Waals surface area contributed by atoms with Crippen LogP contribution < -0.4 is 11.1 Å². The molecule has 0 saturated heterocycles. The van der Waals surface area contributed by atoms with E-state index in [1.165, 1.54) is 0 Å². The summed E-state index contributed by atoms with van der Waals surface area (Å²) in [6.07, 6.45) is 0.562. The van der Waals surface area contributed by atoms with Crippen molar-refractivity contribution in [3.05, 3.63) is 69.7 Å². The smallest absolute Gasteiger partial charge is 0.250 e. The third kappa shape index (κ3) is 6.33. The molecule has 0 aliphatic rings. The molecule has 0 unspecified atom stereocenters. The second-order valence-corrected chi connectivity index (χ2v) is 6.75. The molecule has 0 aliphatic heterocycles. The van der Waals surface area contributed by atoms with Crippen molar-refractivity contribution in [1.82, 2.24) is 5.32 Å². The van der Waals surface area contributed by atoms with E-state index in [0.29, 0.717) is 35.9 Å². The van der Waals surface area contributed by atoms with Gasteiger partial charge in [0.2, 0.25) is 5.91 Å². The van der Waals surface area contributed by atoms with Crippen LogP contribution in [0.3, 0.4) is 0 Å². The number of nitrogens with one attached hydrogen (secondary N) is 1. The maximum absolute atomic E-state index is 12.0. The van der Waals surface area contributed by atoms with Crippen LogP contribution >= 0.6 is 23.2 Å². The van der Waals surface area contributed by atoms with Crippen LogP contribution in [-0.2, 0) is 17.6 Å². The number of carbonyl (C=O) groups excluding carboxylic acids is 1. The lowest BCUT2D eigenvalue weighted by Crippen LogP contribution is -2.47. The van der Waals surface area contributed by atoms with E-state index in [9.17, 15) is 9.90 Å². The minimum atomic E-state index is -1.23. The highest BCUT2D eigenvalue weighted by atomic mass is 35.5. The fourth-order valence-corrected chi connectivity index (χ4v) is 2.98. The van der Waals surface area contributed by atoms with Crippen LogP contribution in [0, 0.1) is 0 Å². The second-order valence-electron chi connectivity index (χ2n) is 5.91. The van der Waals surface area contributed by atoms with Crippen LogP contribution in [-0.4, -0.2) is 29.7 Å². The Labute approximate surface area is 157 Å². The van der Waals surface area contributed by atoms with Crippen molar-refractivity contribution in [1.29, 1.82) is 0 Å². The average molecular weight is 381 g/mol. The molecule has 4 N–H and O–H groups in total. The molecule has 2 atom stereocenters. The van der Waals surface area contributed by atoms with E-state index in [-0.39, 0.29) is 0 Å². The Morgan fingerprint density at radius 2 is 1.84 bits per heavy atom. The van der Waals surface area contributed by atoms with Gasteiger partial charge in [-0.2, -0.15) is 0 Å². The van der Waals surface area contributed by atoms with Gasteiger partial charge in [-0.3, -0.25) is 4.79 Å². The van der Waals surface area contributed by atoms with Crippen molar-refractivity contribution in [3.8, 4) is 0 Å². The number of aliphatic hydroxyl groups is 1. The molecule has 4 nitrogen and oxygen atoms in total. The van der Waals surface area contributed by atoms with Gasteiger partial charge in [0.15, 0.2) is 0 Å². The molecule has 0 fully saturated rings. The molecule has 6 heteroatoms. The van der Waals surface area contributed by atoms with Gasteiger partial charge in [0.25, 0.3) is 0 Å². The molecular weight excluding hydrogens is 359 g/mol. The summed E-state index contributed by atoms with van der Waals surface area (Å²) in [5, 5.41) is 13.9. The van der Waals surface area contributed by atoms with Gasteiger partial charge < -0.3 is 16.2 Å². The number of rotatable bonds is 8. The first-order chi connectivity index (χ1) is 12.0. The van der Waals surface area contributed by atoms with Gasteiger partial charge >= 0.3 is 0 Å². The van der Waals surface area contributed by atoms with Gasteiger partial charge in [-0.25, -0.2) is 0 Å². The quantitative estimate of drug-likeness (QED) is 0.658. The van der Waals surface area contributed by atoms with Crippen LogP contribution in [0.25, 0.3) is 0 Å². The molecular formula is C19H22Cl2N2O2. The average Bonchev–Trinajstić information content (AvgIpc) is 2.61. The van der Waals surface area contributed by atoms with E-state index in [1.807, 2.05) is 36.4 Å². The van der Waals surface area contributed by atoms with Gasteiger partial charge in [0.1, 0.15) is 6.10 Å². The molecule has 134 valence electrons. The Morgan fingerprint density at radius 1 is 1.12 bits per heavy atom. The Kier molecular flexibility index (Phi) is 7.72. The molecule has 0 heterocycles. The van der Waals surface area contributed by atoms with Crippen molar-refractivity contribution in [3.63, 3.8) is 0 Å². The minimum absolute atomic E-state index is 0.364. The zero-order valence-electron chi connectivity index (χ0n) is 13.8. The van der Waals surface area contributed by atoms with Crippen LogP contribution in [0.2, 0.25) is 10.0 Å². The molecule has 2 rings (SSSR count). The van der Waals surface area contributed by atoms with E-state index < -0.39 is 18.1 Å². The summed E-state index contributed by atoms with van der Waals surface area (Å²) in [5.41, 5.74) is 7.95. The number of nitrogens with two attached hydrogens (primary N) is 1. The molecule has 25 heavy (non-hydrogen) atoms. The summed E-state index contributed by atoms with van der Waals surface area (Å²) < 4.78 is 0. The molecule has 0 aromatic heterocycles. The highest BCUT2D eigenvalue weighted by Crippen LogP contribution is 2.21. The maximum Gasteiger partial charge on any atom is 0.250 e. The Balaban J connectivity index is 1.75. The first-order valence-corrected chi connectivity index (χ1v) is 8.92. The van der Waals surface area contributed by atoms with E-state index in [0.717, 1.165) is 11.1 Å². The van der Waals surface area contributed by atoms with Crippen LogP contribution in [0.4, 0.5) is 0 Å². The largest absolute Gasteiger partial charge is 0.382 e. The second kappa shape index (κ2) is 9.78.